The largest absolute Gasteiger partial charge is 0.479 e. The van der Waals surface area contributed by atoms with E-state index < -0.39 is 32.2 Å². The Morgan fingerprint density at radius 3 is 2.67 bits per heavy atom. The maximum Gasteiger partial charge on any atom is 0.269 e. The highest BCUT2D eigenvalue weighted by Crippen LogP contribution is 2.38. The molecule has 36 heavy (non-hydrogen) atoms. The first kappa shape index (κ1) is 25.3. The van der Waals surface area contributed by atoms with Gasteiger partial charge in [0, 0.05) is 30.0 Å². The van der Waals surface area contributed by atoms with Crippen LogP contribution in [0.4, 0.5) is 10.2 Å². The van der Waals surface area contributed by atoms with Gasteiger partial charge in [-0.1, -0.05) is 6.92 Å². The third kappa shape index (κ3) is 4.81. The Morgan fingerprint density at radius 1 is 1.31 bits per heavy atom. The molecule has 0 unspecified atom stereocenters. The summed E-state index contributed by atoms with van der Waals surface area (Å²) in [6, 6.07) is 6.59. The number of halogens is 1. The van der Waals surface area contributed by atoms with Gasteiger partial charge in [-0.25, -0.2) is 27.5 Å². The van der Waals surface area contributed by atoms with Gasteiger partial charge < -0.3 is 14.6 Å². The molecule has 0 radical (unpaired) electrons. The molecule has 0 saturated carbocycles. The number of nitrogens with zero attached hydrogens (tertiary/aromatic N) is 3. The van der Waals surface area contributed by atoms with E-state index in [9.17, 15) is 22.4 Å². The van der Waals surface area contributed by atoms with Crippen LogP contribution in [-0.2, 0) is 10.0 Å². The monoisotopic (exact) mass is 515 g/mol. The molecule has 0 spiro atoms. The van der Waals surface area contributed by atoms with Crippen molar-refractivity contribution in [2.24, 2.45) is 5.92 Å². The van der Waals surface area contributed by atoms with Gasteiger partial charge in [0.05, 0.1) is 18.4 Å². The zero-order valence-electron chi connectivity index (χ0n) is 20.2. The number of anilines is 1. The van der Waals surface area contributed by atoms with Crippen LogP contribution < -0.4 is 19.9 Å². The number of hydrogen-bond acceptors (Lipinski definition) is 8. The Kier molecular flexibility index (Phi) is 6.56. The highest BCUT2D eigenvalue weighted by atomic mass is 32.2. The fraction of sp³-hybridized carbons (Fsp3) is 0.333. The predicted octanol–water partition coefficient (Wildman–Crippen LogP) is 2.72. The Labute approximate surface area is 207 Å². The lowest BCUT2D eigenvalue weighted by molar-refractivity contribution is 0.0981. The fourth-order valence-corrected chi connectivity index (χ4v) is 5.54. The third-order valence-electron chi connectivity index (χ3n) is 6.04. The van der Waals surface area contributed by atoms with E-state index in [1.54, 1.807) is 0 Å². The molecule has 12 heteroatoms. The summed E-state index contributed by atoms with van der Waals surface area (Å²) in [7, 11) is -3.15. The maximum absolute atomic E-state index is 14.3. The fourth-order valence-electron chi connectivity index (χ4n) is 4.52. The normalized spacial score (nSPS) is 17.1. The summed E-state index contributed by atoms with van der Waals surface area (Å²) in [5, 5.41) is 0. The third-order valence-corrected chi connectivity index (χ3v) is 7.40. The molecule has 1 aliphatic rings. The van der Waals surface area contributed by atoms with Crippen molar-refractivity contribution in [1.82, 2.24) is 19.7 Å². The van der Waals surface area contributed by atoms with Crippen molar-refractivity contribution in [2.45, 2.75) is 37.6 Å². The van der Waals surface area contributed by atoms with Crippen molar-refractivity contribution in [3.05, 3.63) is 64.5 Å². The molecule has 4 heterocycles. The molecule has 4 rings (SSSR count). The Bertz CT molecular complexity index is 1490. The van der Waals surface area contributed by atoms with E-state index >= 15 is 0 Å². The molecule has 3 aromatic heterocycles. The van der Waals surface area contributed by atoms with E-state index in [-0.39, 0.29) is 28.7 Å². The van der Waals surface area contributed by atoms with Gasteiger partial charge in [-0.2, -0.15) is 0 Å². The van der Waals surface area contributed by atoms with Crippen molar-refractivity contribution in [3.63, 3.8) is 0 Å². The minimum atomic E-state index is -4.46. The first-order chi connectivity index (χ1) is 16.9. The first-order valence-electron chi connectivity index (χ1n) is 11.2. The number of nitrogens with one attached hydrogen (secondary N) is 2. The average Bonchev–Trinajstić information content (AvgIpc) is 3.10. The topological polar surface area (TPSA) is 134 Å². The lowest BCUT2D eigenvalue weighted by Crippen LogP contribution is -2.41. The predicted molar refractivity (Wildman–Crippen MR) is 131 cm³/mol. The molecule has 1 atom stereocenters. The molecule has 10 nitrogen and oxygen atoms in total. The van der Waals surface area contributed by atoms with Crippen LogP contribution >= 0.6 is 0 Å². The zero-order valence-corrected chi connectivity index (χ0v) is 21.0. The van der Waals surface area contributed by atoms with Crippen LogP contribution in [0.25, 0.3) is 11.3 Å². The molecule has 3 aromatic rings. The Morgan fingerprint density at radius 2 is 2.06 bits per heavy atom. The molecule has 1 aliphatic heterocycles. The second-order valence-electron chi connectivity index (χ2n) is 9.31. The van der Waals surface area contributed by atoms with Gasteiger partial charge in [0.2, 0.25) is 5.88 Å². The van der Waals surface area contributed by atoms with Crippen LogP contribution in [0.5, 0.6) is 5.88 Å². The van der Waals surface area contributed by atoms with Gasteiger partial charge >= 0.3 is 0 Å². The van der Waals surface area contributed by atoms with Crippen molar-refractivity contribution < 1.29 is 22.3 Å². The number of rotatable bonds is 6. The van der Waals surface area contributed by atoms with Crippen molar-refractivity contribution >= 4 is 21.7 Å². The van der Waals surface area contributed by atoms with E-state index in [1.807, 2.05) is 23.5 Å². The number of amides is 1. The Balaban J connectivity index is 1.79. The minimum Gasteiger partial charge on any atom is -0.479 e. The summed E-state index contributed by atoms with van der Waals surface area (Å²) in [4.78, 5) is 37.5. The lowest BCUT2D eigenvalue weighted by atomic mass is 9.97. The van der Waals surface area contributed by atoms with Gasteiger partial charge in [-0.15, -0.1) is 0 Å². The van der Waals surface area contributed by atoms with Crippen LogP contribution in [0.3, 0.4) is 0 Å². The number of sulfonamides is 1. The number of carbonyl (C=O) groups excluding carboxylic acids is 1. The van der Waals surface area contributed by atoms with Gasteiger partial charge in [-0.3, -0.25) is 9.59 Å². The number of aromatic nitrogens is 3. The second kappa shape index (κ2) is 9.34. The smallest absolute Gasteiger partial charge is 0.269 e. The molecule has 1 saturated heterocycles. The number of aromatic amines is 1. The van der Waals surface area contributed by atoms with Crippen molar-refractivity contribution in [3.8, 4) is 17.1 Å². The molecule has 2 N–H and O–H groups in total. The van der Waals surface area contributed by atoms with Crippen molar-refractivity contribution in [2.75, 3.05) is 18.6 Å². The van der Waals surface area contributed by atoms with Crippen LogP contribution in [0, 0.1) is 11.7 Å². The molecule has 0 aromatic carbocycles. The quantitative estimate of drug-likeness (QED) is 0.512. The zero-order chi connectivity index (χ0) is 26.3. The van der Waals surface area contributed by atoms with Gasteiger partial charge in [0.25, 0.3) is 21.5 Å². The number of H-pyrrole nitrogens is 1. The number of ether oxygens (including phenoxy) is 1. The van der Waals surface area contributed by atoms with E-state index in [1.165, 1.54) is 43.8 Å². The minimum absolute atomic E-state index is 0.00111. The highest BCUT2D eigenvalue weighted by Gasteiger charge is 2.39. The highest BCUT2D eigenvalue weighted by molar-refractivity contribution is 7.90. The molecule has 0 aliphatic carbocycles. The van der Waals surface area contributed by atoms with E-state index in [0.29, 0.717) is 17.8 Å². The van der Waals surface area contributed by atoms with E-state index in [2.05, 4.69) is 21.9 Å². The number of pyridine rings is 3. The summed E-state index contributed by atoms with van der Waals surface area (Å²) >= 11 is 0. The lowest BCUT2D eigenvalue weighted by Gasteiger charge is -2.34. The number of hydrogen-bond donors (Lipinski definition) is 2. The van der Waals surface area contributed by atoms with Gasteiger partial charge in [0.15, 0.2) is 10.7 Å². The number of methoxy groups -OCH3 is 1. The second-order valence-corrected chi connectivity index (χ2v) is 11.0. The van der Waals surface area contributed by atoms with E-state index in [4.69, 9.17) is 4.74 Å². The summed E-state index contributed by atoms with van der Waals surface area (Å²) in [5.74, 6) is -1.25. The average molecular weight is 516 g/mol. The molecular formula is C24H26FN5O5S. The van der Waals surface area contributed by atoms with Crippen LogP contribution in [0.2, 0.25) is 0 Å². The van der Waals surface area contributed by atoms with Gasteiger partial charge in [0.1, 0.15) is 5.82 Å². The molecular weight excluding hydrogens is 489 g/mol. The summed E-state index contributed by atoms with van der Waals surface area (Å²) < 4.78 is 46.7. The first-order valence-corrected chi connectivity index (χ1v) is 12.6. The standard InChI is InChI=1S/C24H26FN5O5S/c1-14-11-24(2,3)30(13-14)20-16(21(31)29-36(33,34)19-6-5-9-26-22(19)32)7-8-18(28-20)15-10-17(25)23(35-4)27-12-15/h5-10,12,14H,11,13H2,1-4H3,(H,26,32)(H,29,31)/t14-/m0/s1. The summed E-state index contributed by atoms with van der Waals surface area (Å²) in [5.41, 5.74) is -0.545. The van der Waals surface area contributed by atoms with Crippen molar-refractivity contribution in [1.29, 1.82) is 0 Å². The molecule has 190 valence electrons. The molecule has 1 fully saturated rings. The molecule has 0 bridgehead atoms. The van der Waals surface area contributed by atoms with Gasteiger partial charge in [-0.05, 0) is 56.5 Å². The van der Waals surface area contributed by atoms with Crippen LogP contribution in [0.1, 0.15) is 37.6 Å². The Hall–Kier alpha value is -3.80. The number of carbonyl (C=O) groups is 1. The van der Waals surface area contributed by atoms with Crippen LogP contribution in [0.15, 0.2) is 52.4 Å². The van der Waals surface area contributed by atoms with E-state index in [0.717, 1.165) is 12.5 Å². The van der Waals surface area contributed by atoms with Crippen LogP contribution in [-0.4, -0.2) is 48.5 Å². The summed E-state index contributed by atoms with van der Waals surface area (Å²) in [6.45, 7) is 6.65. The SMILES string of the molecule is COc1ncc(-c2ccc(C(=O)NS(=O)(=O)c3ccc[nH]c3=O)c(N3C[C@@H](C)CC3(C)C)n2)cc1F. The summed E-state index contributed by atoms with van der Waals surface area (Å²) in [6.07, 6.45) is 3.51. The molecule has 1 amide bonds. The maximum atomic E-state index is 14.3.